The zero-order chi connectivity index (χ0) is 14.7. The van der Waals surface area contributed by atoms with Crippen molar-refractivity contribution in [2.24, 2.45) is 0 Å². The van der Waals surface area contributed by atoms with Crippen LogP contribution >= 0.6 is 15.9 Å². The van der Waals surface area contributed by atoms with E-state index in [1.807, 2.05) is 53.3 Å². The topological polar surface area (TPSA) is 43.0 Å². The second-order valence-electron chi connectivity index (χ2n) is 4.64. The Kier molecular flexibility index (Phi) is 4.22. The van der Waals surface area contributed by atoms with Crippen molar-refractivity contribution in [2.45, 2.75) is 13.0 Å². The molecule has 1 unspecified atom stereocenters. The number of nitrogens with one attached hydrogen (secondary N) is 1. The smallest absolute Gasteiger partial charge is 0.174 e. The van der Waals surface area contributed by atoms with E-state index in [0.29, 0.717) is 0 Å². The van der Waals surface area contributed by atoms with Crippen LogP contribution in [0.15, 0.2) is 64.0 Å². The van der Waals surface area contributed by atoms with E-state index >= 15 is 0 Å². The summed E-state index contributed by atoms with van der Waals surface area (Å²) in [6.07, 6.45) is 3.51. The molecule has 0 fully saturated rings. The molecule has 5 heteroatoms. The van der Waals surface area contributed by atoms with Gasteiger partial charge in [-0.3, -0.25) is 0 Å². The van der Waals surface area contributed by atoms with Crippen molar-refractivity contribution in [3.8, 4) is 5.69 Å². The molecule has 0 aliphatic rings. The van der Waals surface area contributed by atoms with E-state index in [2.05, 4.69) is 33.3 Å². The van der Waals surface area contributed by atoms with Gasteiger partial charge in [-0.05, 0) is 46.7 Å². The summed E-state index contributed by atoms with van der Waals surface area (Å²) in [6.45, 7) is 2.94. The minimum atomic E-state index is 0.0193. The predicted molar refractivity (Wildman–Crippen MR) is 85.5 cm³/mol. The van der Waals surface area contributed by atoms with Gasteiger partial charge >= 0.3 is 0 Å². The molecular formula is C16H16BrN3O. The molecule has 1 aromatic carbocycles. The summed E-state index contributed by atoms with van der Waals surface area (Å²) in [4.78, 5) is 0. The predicted octanol–water partition coefficient (Wildman–Crippen LogP) is 3.93. The van der Waals surface area contributed by atoms with Crippen molar-refractivity contribution >= 4 is 15.9 Å². The molecule has 0 saturated heterocycles. The number of hydrogen-bond donors (Lipinski definition) is 1. The van der Waals surface area contributed by atoms with Crippen LogP contribution in [0.4, 0.5) is 0 Å². The van der Waals surface area contributed by atoms with Gasteiger partial charge in [-0.25, -0.2) is 4.68 Å². The number of halogens is 1. The number of para-hydroxylation sites is 1. The Balaban J connectivity index is 2.06. The van der Waals surface area contributed by atoms with Gasteiger partial charge in [-0.1, -0.05) is 25.1 Å². The maximum absolute atomic E-state index is 5.38. The van der Waals surface area contributed by atoms with Crippen LogP contribution in [0.5, 0.6) is 0 Å². The van der Waals surface area contributed by atoms with E-state index < -0.39 is 0 Å². The van der Waals surface area contributed by atoms with Gasteiger partial charge in [0.2, 0.25) is 0 Å². The van der Waals surface area contributed by atoms with Crippen LogP contribution < -0.4 is 5.32 Å². The number of aromatic nitrogens is 2. The van der Waals surface area contributed by atoms with Crippen LogP contribution in [0.3, 0.4) is 0 Å². The summed E-state index contributed by atoms with van der Waals surface area (Å²) < 4.78 is 8.08. The van der Waals surface area contributed by atoms with Crippen molar-refractivity contribution in [3.63, 3.8) is 0 Å². The highest BCUT2D eigenvalue weighted by molar-refractivity contribution is 9.10. The molecule has 108 valence electrons. The molecule has 4 nitrogen and oxygen atoms in total. The van der Waals surface area contributed by atoms with Crippen LogP contribution in [-0.4, -0.2) is 16.3 Å². The van der Waals surface area contributed by atoms with Crippen molar-refractivity contribution in [2.75, 3.05) is 6.54 Å². The second-order valence-corrected chi connectivity index (χ2v) is 5.36. The monoisotopic (exact) mass is 345 g/mol. The molecule has 2 aromatic heterocycles. The van der Waals surface area contributed by atoms with E-state index in [-0.39, 0.29) is 6.04 Å². The molecule has 0 saturated carbocycles. The Labute approximate surface area is 131 Å². The number of rotatable bonds is 5. The van der Waals surface area contributed by atoms with Crippen molar-refractivity contribution in [1.29, 1.82) is 0 Å². The molecule has 0 spiro atoms. The quantitative estimate of drug-likeness (QED) is 0.761. The Morgan fingerprint density at radius 1 is 1.24 bits per heavy atom. The maximum atomic E-state index is 5.38. The highest BCUT2D eigenvalue weighted by atomic mass is 79.9. The van der Waals surface area contributed by atoms with E-state index in [9.17, 15) is 0 Å². The summed E-state index contributed by atoms with van der Waals surface area (Å²) in [5.74, 6) is 0. The summed E-state index contributed by atoms with van der Waals surface area (Å²) in [5, 5.41) is 7.95. The van der Waals surface area contributed by atoms with Crippen LogP contribution in [0.1, 0.15) is 24.2 Å². The molecule has 21 heavy (non-hydrogen) atoms. The fraction of sp³-hybridized carbons (Fsp3) is 0.188. The molecule has 2 heterocycles. The molecule has 0 bridgehead atoms. The minimum Gasteiger partial charge on any atom is -0.457 e. The van der Waals surface area contributed by atoms with Gasteiger partial charge in [0.05, 0.1) is 23.7 Å². The normalized spacial score (nSPS) is 12.5. The Bertz CT molecular complexity index is 705. The first-order valence-electron chi connectivity index (χ1n) is 6.87. The number of hydrogen-bond acceptors (Lipinski definition) is 3. The number of nitrogens with zero attached hydrogens (tertiary/aromatic N) is 2. The number of furan rings is 1. The molecule has 0 aliphatic carbocycles. The zero-order valence-electron chi connectivity index (χ0n) is 11.7. The van der Waals surface area contributed by atoms with Crippen molar-refractivity contribution in [3.05, 3.63) is 70.9 Å². The van der Waals surface area contributed by atoms with Crippen LogP contribution in [0.2, 0.25) is 0 Å². The fourth-order valence-corrected chi connectivity index (χ4v) is 2.87. The van der Waals surface area contributed by atoms with Gasteiger partial charge in [-0.15, -0.1) is 0 Å². The lowest BCUT2D eigenvalue weighted by molar-refractivity contribution is 0.522. The van der Waals surface area contributed by atoms with Crippen LogP contribution in [0.25, 0.3) is 5.69 Å². The highest BCUT2D eigenvalue weighted by Crippen LogP contribution is 2.30. The molecule has 0 radical (unpaired) electrons. The van der Waals surface area contributed by atoms with E-state index in [1.165, 1.54) is 0 Å². The average molecular weight is 346 g/mol. The average Bonchev–Trinajstić information content (AvgIpc) is 3.15. The second kappa shape index (κ2) is 6.28. The first-order valence-corrected chi connectivity index (χ1v) is 7.66. The highest BCUT2D eigenvalue weighted by Gasteiger charge is 2.22. The van der Waals surface area contributed by atoms with Crippen LogP contribution in [-0.2, 0) is 0 Å². The maximum Gasteiger partial charge on any atom is 0.174 e. The van der Waals surface area contributed by atoms with Gasteiger partial charge in [-0.2, -0.15) is 5.10 Å². The zero-order valence-corrected chi connectivity index (χ0v) is 13.2. The first kappa shape index (κ1) is 14.1. The minimum absolute atomic E-state index is 0.0193. The van der Waals surface area contributed by atoms with Crippen molar-refractivity contribution in [1.82, 2.24) is 15.1 Å². The fourth-order valence-electron chi connectivity index (χ4n) is 2.41. The van der Waals surface area contributed by atoms with E-state index in [0.717, 1.165) is 28.2 Å². The summed E-state index contributed by atoms with van der Waals surface area (Å²) in [6, 6.07) is 14.1. The molecule has 3 aromatic rings. The van der Waals surface area contributed by atoms with Crippen LogP contribution in [0, 0.1) is 0 Å². The Morgan fingerprint density at radius 2 is 2.05 bits per heavy atom. The van der Waals surface area contributed by atoms with Gasteiger partial charge in [0, 0.05) is 11.8 Å². The van der Waals surface area contributed by atoms with Gasteiger partial charge in [0.25, 0.3) is 0 Å². The van der Waals surface area contributed by atoms with Gasteiger partial charge < -0.3 is 9.73 Å². The standard InChI is InChI=1S/C16H16BrN3O/c1-2-18-15(13-9-11-21-16(13)17)14-8-10-19-20(14)12-6-4-3-5-7-12/h3-11,15,18H,2H2,1H3. The summed E-state index contributed by atoms with van der Waals surface area (Å²) in [5.41, 5.74) is 3.18. The molecule has 3 rings (SSSR count). The largest absolute Gasteiger partial charge is 0.457 e. The molecule has 0 amide bonds. The van der Waals surface area contributed by atoms with E-state index in [4.69, 9.17) is 4.42 Å². The molecule has 1 atom stereocenters. The SMILES string of the molecule is CCNC(c1ccoc1Br)c1ccnn1-c1ccccc1. The lowest BCUT2D eigenvalue weighted by atomic mass is 10.1. The summed E-state index contributed by atoms with van der Waals surface area (Å²) >= 11 is 3.47. The Morgan fingerprint density at radius 3 is 2.71 bits per heavy atom. The van der Waals surface area contributed by atoms with Crippen molar-refractivity contribution < 1.29 is 4.42 Å². The molecule has 1 N–H and O–H groups in total. The van der Waals surface area contributed by atoms with Gasteiger partial charge in [0.15, 0.2) is 4.67 Å². The third-order valence-corrected chi connectivity index (χ3v) is 3.98. The molecule has 0 aliphatic heterocycles. The summed E-state index contributed by atoms with van der Waals surface area (Å²) in [7, 11) is 0. The van der Waals surface area contributed by atoms with E-state index in [1.54, 1.807) is 6.26 Å². The third-order valence-electron chi connectivity index (χ3n) is 3.33. The van der Waals surface area contributed by atoms with Gasteiger partial charge in [0.1, 0.15) is 0 Å². The lowest BCUT2D eigenvalue weighted by Crippen LogP contribution is -2.24. The first-order chi connectivity index (χ1) is 10.3. The number of benzene rings is 1. The molecular weight excluding hydrogens is 330 g/mol. The third kappa shape index (κ3) is 2.80. The lowest BCUT2D eigenvalue weighted by Gasteiger charge is -2.19. The Hall–Kier alpha value is -1.85.